The summed E-state index contributed by atoms with van der Waals surface area (Å²) in [5, 5.41) is 11.0. The van der Waals surface area contributed by atoms with E-state index in [-0.39, 0.29) is 11.9 Å². The summed E-state index contributed by atoms with van der Waals surface area (Å²) >= 11 is 0. The molecule has 1 atom stereocenters. The number of methoxy groups -OCH3 is 1. The summed E-state index contributed by atoms with van der Waals surface area (Å²) in [4.78, 5) is 15.1. The predicted molar refractivity (Wildman–Crippen MR) is 83.1 cm³/mol. The monoisotopic (exact) mass is 300 g/mol. The first-order chi connectivity index (χ1) is 10.8. The summed E-state index contributed by atoms with van der Waals surface area (Å²) < 4.78 is 5.37. The topological polar surface area (TPSA) is 70.2 Å². The van der Waals surface area contributed by atoms with Crippen LogP contribution in [0.2, 0.25) is 0 Å². The van der Waals surface area contributed by atoms with Crippen molar-refractivity contribution >= 4 is 16.8 Å². The zero-order valence-corrected chi connectivity index (χ0v) is 12.6. The van der Waals surface area contributed by atoms with Gasteiger partial charge in [-0.3, -0.25) is 9.89 Å². The molecule has 116 valence electrons. The van der Waals surface area contributed by atoms with Gasteiger partial charge in [0.2, 0.25) is 0 Å². The Kier molecular flexibility index (Phi) is 3.26. The van der Waals surface area contributed by atoms with E-state index in [1.54, 1.807) is 7.11 Å². The van der Waals surface area contributed by atoms with Crippen molar-refractivity contribution in [3.8, 4) is 5.75 Å². The SMILES string of the molecule is COc1cccc2[nH]nc(C(=O)NC3CN4CCC3CC4)c12. The molecule has 1 unspecified atom stereocenters. The molecule has 0 saturated carbocycles. The first-order valence-electron chi connectivity index (χ1n) is 7.80. The molecule has 1 aromatic carbocycles. The van der Waals surface area contributed by atoms with Crippen LogP contribution in [0.1, 0.15) is 23.3 Å². The molecule has 22 heavy (non-hydrogen) atoms. The molecule has 6 nitrogen and oxygen atoms in total. The number of nitrogens with zero attached hydrogens (tertiary/aromatic N) is 2. The van der Waals surface area contributed by atoms with Crippen LogP contribution in [0.5, 0.6) is 5.75 Å². The van der Waals surface area contributed by atoms with E-state index in [0.717, 1.165) is 30.5 Å². The molecular weight excluding hydrogens is 280 g/mol. The van der Waals surface area contributed by atoms with Crippen molar-refractivity contribution in [3.63, 3.8) is 0 Å². The van der Waals surface area contributed by atoms with Gasteiger partial charge < -0.3 is 15.0 Å². The fourth-order valence-electron chi connectivity index (χ4n) is 3.74. The smallest absolute Gasteiger partial charge is 0.272 e. The minimum atomic E-state index is -0.116. The normalized spacial score (nSPS) is 27.0. The molecule has 1 amide bonds. The maximum Gasteiger partial charge on any atom is 0.272 e. The van der Waals surface area contributed by atoms with Crippen molar-refractivity contribution in [3.05, 3.63) is 23.9 Å². The molecule has 3 fully saturated rings. The number of amides is 1. The lowest BCUT2D eigenvalue weighted by Gasteiger charge is -2.44. The number of piperidine rings is 3. The second kappa shape index (κ2) is 5.28. The highest BCUT2D eigenvalue weighted by Crippen LogP contribution is 2.29. The van der Waals surface area contributed by atoms with Crippen LogP contribution in [-0.2, 0) is 0 Å². The number of aromatic nitrogens is 2. The first-order valence-corrected chi connectivity index (χ1v) is 7.80. The van der Waals surface area contributed by atoms with Crippen molar-refractivity contribution in [1.82, 2.24) is 20.4 Å². The summed E-state index contributed by atoms with van der Waals surface area (Å²) in [5.74, 6) is 1.15. The van der Waals surface area contributed by atoms with Crippen molar-refractivity contribution in [1.29, 1.82) is 0 Å². The minimum absolute atomic E-state index is 0.116. The fourth-order valence-corrected chi connectivity index (χ4v) is 3.74. The van der Waals surface area contributed by atoms with Gasteiger partial charge in [0.05, 0.1) is 18.0 Å². The third-order valence-corrected chi connectivity index (χ3v) is 4.96. The summed E-state index contributed by atoms with van der Waals surface area (Å²) in [5.41, 5.74) is 1.24. The second-order valence-corrected chi connectivity index (χ2v) is 6.17. The van der Waals surface area contributed by atoms with E-state index in [0.29, 0.717) is 17.4 Å². The van der Waals surface area contributed by atoms with E-state index < -0.39 is 0 Å². The highest BCUT2D eigenvalue weighted by Gasteiger charge is 2.35. The lowest BCUT2D eigenvalue weighted by atomic mass is 9.84. The van der Waals surface area contributed by atoms with Gasteiger partial charge in [-0.2, -0.15) is 5.10 Å². The molecule has 3 saturated heterocycles. The average Bonchev–Trinajstić information content (AvgIpc) is 3.00. The van der Waals surface area contributed by atoms with Gasteiger partial charge in [-0.05, 0) is 44.0 Å². The lowest BCUT2D eigenvalue weighted by Crippen LogP contribution is -2.57. The number of ether oxygens (including phenoxy) is 1. The number of carbonyl (C=O) groups excluding carboxylic acids is 1. The summed E-state index contributed by atoms with van der Waals surface area (Å²) in [6.45, 7) is 3.28. The number of hydrogen-bond acceptors (Lipinski definition) is 4. The van der Waals surface area contributed by atoms with Gasteiger partial charge in [-0.1, -0.05) is 6.07 Å². The fraction of sp³-hybridized carbons (Fsp3) is 0.500. The molecule has 0 radical (unpaired) electrons. The number of fused-ring (bicyclic) bond motifs is 4. The van der Waals surface area contributed by atoms with Crippen LogP contribution >= 0.6 is 0 Å². The molecule has 4 heterocycles. The number of H-pyrrole nitrogens is 1. The average molecular weight is 300 g/mol. The minimum Gasteiger partial charge on any atom is -0.496 e. The molecule has 2 bridgehead atoms. The van der Waals surface area contributed by atoms with Crippen LogP contribution in [0.15, 0.2) is 18.2 Å². The molecule has 3 aliphatic rings. The van der Waals surface area contributed by atoms with Gasteiger partial charge in [0, 0.05) is 12.6 Å². The molecular formula is C16H20N4O2. The number of carbonyl (C=O) groups is 1. The molecule has 1 aromatic heterocycles. The quantitative estimate of drug-likeness (QED) is 0.899. The van der Waals surface area contributed by atoms with Crippen LogP contribution in [0.3, 0.4) is 0 Å². The number of hydrogen-bond donors (Lipinski definition) is 2. The second-order valence-electron chi connectivity index (χ2n) is 6.17. The van der Waals surface area contributed by atoms with Crippen molar-refractivity contribution in [2.24, 2.45) is 5.92 Å². The van der Waals surface area contributed by atoms with Crippen molar-refractivity contribution in [2.75, 3.05) is 26.7 Å². The Balaban J connectivity index is 1.60. The molecule has 2 aromatic rings. The van der Waals surface area contributed by atoms with Gasteiger partial charge in [0.1, 0.15) is 5.75 Å². The molecule has 2 N–H and O–H groups in total. The maximum atomic E-state index is 12.7. The third kappa shape index (κ3) is 2.14. The number of rotatable bonds is 3. The van der Waals surface area contributed by atoms with E-state index in [4.69, 9.17) is 4.74 Å². The van der Waals surface area contributed by atoms with E-state index in [1.165, 1.54) is 12.8 Å². The number of nitrogens with one attached hydrogen (secondary N) is 2. The number of aromatic amines is 1. The zero-order chi connectivity index (χ0) is 15.1. The Hall–Kier alpha value is -2.08. The van der Waals surface area contributed by atoms with Gasteiger partial charge in [0.25, 0.3) is 5.91 Å². The van der Waals surface area contributed by atoms with Gasteiger partial charge in [0.15, 0.2) is 5.69 Å². The maximum absolute atomic E-state index is 12.7. The highest BCUT2D eigenvalue weighted by atomic mass is 16.5. The van der Waals surface area contributed by atoms with E-state index in [9.17, 15) is 4.79 Å². The van der Waals surface area contributed by atoms with Gasteiger partial charge in [-0.15, -0.1) is 0 Å². The van der Waals surface area contributed by atoms with Gasteiger partial charge in [-0.25, -0.2) is 0 Å². The molecule has 3 aliphatic heterocycles. The largest absolute Gasteiger partial charge is 0.496 e. The summed E-state index contributed by atoms with van der Waals surface area (Å²) in [7, 11) is 1.61. The third-order valence-electron chi connectivity index (χ3n) is 4.96. The standard InChI is InChI=1S/C16H20N4O2/c1-22-13-4-2-3-11-14(13)15(19-18-11)16(21)17-12-9-20-7-5-10(12)6-8-20/h2-4,10,12H,5-9H2,1H3,(H,17,21)(H,18,19). The lowest BCUT2D eigenvalue weighted by molar-refractivity contribution is 0.0618. The van der Waals surface area contributed by atoms with Crippen molar-refractivity contribution < 1.29 is 9.53 Å². The summed E-state index contributed by atoms with van der Waals surface area (Å²) in [6, 6.07) is 5.86. The van der Waals surface area contributed by atoms with Crippen LogP contribution in [-0.4, -0.2) is 53.8 Å². The zero-order valence-electron chi connectivity index (χ0n) is 12.6. The molecule has 0 aliphatic carbocycles. The Labute approximate surface area is 128 Å². The van der Waals surface area contributed by atoms with E-state index in [2.05, 4.69) is 20.4 Å². The Morgan fingerprint density at radius 2 is 2.23 bits per heavy atom. The predicted octanol–water partition coefficient (Wildman–Crippen LogP) is 1.40. The molecule has 5 rings (SSSR count). The molecule has 6 heteroatoms. The first kappa shape index (κ1) is 13.6. The van der Waals surface area contributed by atoms with Crippen LogP contribution in [0.4, 0.5) is 0 Å². The Bertz CT molecular complexity index is 703. The van der Waals surface area contributed by atoms with Gasteiger partial charge >= 0.3 is 0 Å². The van der Waals surface area contributed by atoms with Crippen LogP contribution in [0, 0.1) is 5.92 Å². The van der Waals surface area contributed by atoms with E-state index in [1.807, 2.05) is 18.2 Å². The Morgan fingerprint density at radius 1 is 1.41 bits per heavy atom. The van der Waals surface area contributed by atoms with E-state index >= 15 is 0 Å². The molecule has 0 spiro atoms. The van der Waals surface area contributed by atoms with Crippen molar-refractivity contribution in [2.45, 2.75) is 18.9 Å². The van der Waals surface area contributed by atoms with Crippen LogP contribution in [0.25, 0.3) is 10.9 Å². The number of benzene rings is 1. The highest BCUT2D eigenvalue weighted by molar-refractivity contribution is 6.07. The van der Waals surface area contributed by atoms with Crippen LogP contribution < -0.4 is 10.1 Å². The summed E-state index contributed by atoms with van der Waals surface area (Å²) in [6.07, 6.45) is 2.35. The Morgan fingerprint density at radius 3 is 2.91 bits per heavy atom.